The van der Waals surface area contributed by atoms with Crippen molar-refractivity contribution in [3.63, 3.8) is 0 Å². The Hall–Kier alpha value is -1.37. The van der Waals surface area contributed by atoms with Crippen LogP contribution in [0.4, 0.5) is 5.69 Å². The first-order valence-electron chi connectivity index (χ1n) is 5.81. The predicted molar refractivity (Wildman–Crippen MR) is 78.6 cm³/mol. The summed E-state index contributed by atoms with van der Waals surface area (Å²) >= 11 is 1.54. The molecule has 0 fully saturated rings. The van der Waals surface area contributed by atoms with Crippen LogP contribution in [0.2, 0.25) is 0 Å². The summed E-state index contributed by atoms with van der Waals surface area (Å²) in [5.41, 5.74) is 7.64. The van der Waals surface area contributed by atoms with Gasteiger partial charge in [-0.3, -0.25) is 0 Å². The first-order valence-corrected chi connectivity index (χ1v) is 8.24. The van der Waals surface area contributed by atoms with E-state index in [9.17, 15) is 8.42 Å². The lowest BCUT2D eigenvalue weighted by molar-refractivity contribution is 0.567. The second-order valence-corrected chi connectivity index (χ2v) is 6.82. The molecule has 0 amide bonds. The molecule has 102 valence electrons. The molecule has 6 heteroatoms. The zero-order valence-corrected chi connectivity index (χ0v) is 12.4. The number of nitrogens with one attached hydrogen (secondary N) is 1. The van der Waals surface area contributed by atoms with Gasteiger partial charge in [-0.2, -0.15) is 11.3 Å². The number of hydrogen-bond donors (Lipinski definition) is 2. The maximum absolute atomic E-state index is 12.4. The quantitative estimate of drug-likeness (QED) is 0.852. The van der Waals surface area contributed by atoms with Gasteiger partial charge in [-0.1, -0.05) is 12.1 Å². The average Bonchev–Trinajstić information content (AvgIpc) is 2.80. The van der Waals surface area contributed by atoms with Crippen molar-refractivity contribution in [2.45, 2.75) is 24.8 Å². The Morgan fingerprint density at radius 3 is 2.63 bits per heavy atom. The summed E-state index contributed by atoms with van der Waals surface area (Å²) < 4.78 is 27.4. The van der Waals surface area contributed by atoms with Crippen LogP contribution in [0.3, 0.4) is 0 Å². The minimum Gasteiger partial charge on any atom is -0.398 e. The van der Waals surface area contributed by atoms with Gasteiger partial charge in [0.1, 0.15) is 4.90 Å². The summed E-state index contributed by atoms with van der Waals surface area (Å²) in [4.78, 5) is 0.164. The standard InChI is InChI=1S/C13H16N2O2S2/c1-9-4-3-5-12(14)13(9)19(16,17)15-10(2)11-6-7-18-8-11/h3-8,10,15H,14H2,1-2H3. The molecule has 3 N–H and O–H groups in total. The van der Waals surface area contributed by atoms with Crippen LogP contribution < -0.4 is 10.5 Å². The van der Waals surface area contributed by atoms with Gasteiger partial charge in [0.15, 0.2) is 0 Å². The Morgan fingerprint density at radius 2 is 2.05 bits per heavy atom. The van der Waals surface area contributed by atoms with Crippen LogP contribution in [0.1, 0.15) is 24.1 Å². The molecule has 19 heavy (non-hydrogen) atoms. The molecule has 1 unspecified atom stereocenters. The second kappa shape index (κ2) is 5.32. The zero-order chi connectivity index (χ0) is 14.0. The average molecular weight is 296 g/mol. The van der Waals surface area contributed by atoms with E-state index in [2.05, 4.69) is 4.72 Å². The highest BCUT2D eigenvalue weighted by atomic mass is 32.2. The fraction of sp³-hybridized carbons (Fsp3) is 0.231. The summed E-state index contributed by atoms with van der Waals surface area (Å²) in [6, 6.07) is 6.69. The van der Waals surface area contributed by atoms with E-state index in [4.69, 9.17) is 5.73 Å². The second-order valence-electron chi connectivity index (χ2n) is 4.39. The molecule has 2 rings (SSSR count). The number of anilines is 1. The Balaban J connectivity index is 2.33. The summed E-state index contributed by atoms with van der Waals surface area (Å²) in [6.45, 7) is 3.55. The highest BCUT2D eigenvalue weighted by Gasteiger charge is 2.22. The van der Waals surface area contributed by atoms with Crippen molar-refractivity contribution in [3.8, 4) is 0 Å². The topological polar surface area (TPSA) is 72.2 Å². The molecule has 1 heterocycles. The number of rotatable bonds is 4. The highest BCUT2D eigenvalue weighted by molar-refractivity contribution is 7.89. The number of thiophene rings is 1. The molecule has 0 bridgehead atoms. The molecule has 0 aliphatic rings. The van der Waals surface area contributed by atoms with Gasteiger partial charge < -0.3 is 5.73 Å². The number of nitrogens with two attached hydrogens (primary N) is 1. The van der Waals surface area contributed by atoms with Gasteiger partial charge >= 0.3 is 0 Å². The third-order valence-corrected chi connectivity index (χ3v) is 5.35. The van der Waals surface area contributed by atoms with Crippen molar-refractivity contribution in [1.82, 2.24) is 4.72 Å². The van der Waals surface area contributed by atoms with E-state index in [0.29, 0.717) is 5.56 Å². The summed E-state index contributed by atoms with van der Waals surface area (Å²) in [6.07, 6.45) is 0. The van der Waals surface area contributed by atoms with Crippen molar-refractivity contribution in [2.24, 2.45) is 0 Å². The fourth-order valence-electron chi connectivity index (χ4n) is 1.92. The molecular formula is C13H16N2O2S2. The van der Waals surface area contributed by atoms with E-state index in [1.165, 1.54) is 11.3 Å². The van der Waals surface area contributed by atoms with E-state index < -0.39 is 10.0 Å². The molecule has 1 aromatic carbocycles. The number of hydrogen-bond acceptors (Lipinski definition) is 4. The first-order chi connectivity index (χ1) is 8.92. The van der Waals surface area contributed by atoms with Gasteiger partial charge in [0, 0.05) is 6.04 Å². The largest absolute Gasteiger partial charge is 0.398 e. The van der Waals surface area contributed by atoms with Crippen LogP contribution in [-0.4, -0.2) is 8.42 Å². The lowest BCUT2D eigenvalue weighted by Crippen LogP contribution is -2.28. The number of aryl methyl sites for hydroxylation is 1. The third-order valence-electron chi connectivity index (χ3n) is 2.89. The van der Waals surface area contributed by atoms with Crippen LogP contribution in [0.25, 0.3) is 0 Å². The van der Waals surface area contributed by atoms with Gasteiger partial charge in [-0.15, -0.1) is 0 Å². The van der Waals surface area contributed by atoms with Gasteiger partial charge in [0.25, 0.3) is 0 Å². The monoisotopic (exact) mass is 296 g/mol. The Bertz CT molecular complexity index is 644. The Labute approximate surface area is 117 Å². The molecule has 0 radical (unpaired) electrons. The van der Waals surface area contributed by atoms with E-state index >= 15 is 0 Å². The smallest absolute Gasteiger partial charge is 0.243 e. The molecular weight excluding hydrogens is 280 g/mol. The van der Waals surface area contributed by atoms with Crippen molar-refractivity contribution in [1.29, 1.82) is 0 Å². The van der Waals surface area contributed by atoms with Gasteiger partial charge in [-0.25, -0.2) is 13.1 Å². The van der Waals surface area contributed by atoms with Crippen LogP contribution >= 0.6 is 11.3 Å². The summed E-state index contributed by atoms with van der Waals surface area (Å²) in [5.74, 6) is 0. The lowest BCUT2D eigenvalue weighted by Gasteiger charge is -2.16. The minimum absolute atomic E-state index is 0.164. The van der Waals surface area contributed by atoms with E-state index in [-0.39, 0.29) is 16.6 Å². The lowest BCUT2D eigenvalue weighted by atomic mass is 10.2. The maximum atomic E-state index is 12.4. The Kier molecular flexibility index (Phi) is 3.93. The summed E-state index contributed by atoms with van der Waals surface area (Å²) in [5, 5.41) is 3.84. The zero-order valence-electron chi connectivity index (χ0n) is 10.8. The van der Waals surface area contributed by atoms with Crippen molar-refractivity contribution in [2.75, 3.05) is 5.73 Å². The third kappa shape index (κ3) is 2.97. The molecule has 1 atom stereocenters. The van der Waals surface area contributed by atoms with Crippen molar-refractivity contribution in [3.05, 3.63) is 46.2 Å². The van der Waals surface area contributed by atoms with Gasteiger partial charge in [-0.05, 0) is 47.9 Å². The SMILES string of the molecule is Cc1cccc(N)c1S(=O)(=O)NC(C)c1ccsc1. The van der Waals surface area contributed by atoms with Crippen LogP contribution in [-0.2, 0) is 10.0 Å². The molecule has 0 saturated carbocycles. The van der Waals surface area contributed by atoms with Crippen LogP contribution in [0.15, 0.2) is 39.9 Å². The van der Waals surface area contributed by atoms with Crippen LogP contribution in [0, 0.1) is 6.92 Å². The minimum atomic E-state index is -3.62. The number of benzene rings is 1. The van der Waals surface area contributed by atoms with E-state index in [1.54, 1.807) is 25.1 Å². The molecule has 0 saturated heterocycles. The molecule has 2 aromatic rings. The van der Waals surface area contributed by atoms with Gasteiger partial charge in [0.05, 0.1) is 5.69 Å². The predicted octanol–water partition coefficient (Wildman–Crippen LogP) is 2.68. The van der Waals surface area contributed by atoms with E-state index in [0.717, 1.165) is 5.56 Å². The van der Waals surface area contributed by atoms with Crippen LogP contribution in [0.5, 0.6) is 0 Å². The summed E-state index contributed by atoms with van der Waals surface area (Å²) in [7, 11) is -3.62. The molecule has 0 aliphatic heterocycles. The maximum Gasteiger partial charge on any atom is 0.243 e. The molecule has 4 nitrogen and oxygen atoms in total. The molecule has 0 aliphatic carbocycles. The van der Waals surface area contributed by atoms with Gasteiger partial charge in [0.2, 0.25) is 10.0 Å². The Morgan fingerprint density at radius 1 is 1.32 bits per heavy atom. The fourth-order valence-corrected chi connectivity index (χ4v) is 4.27. The first kappa shape index (κ1) is 14.0. The molecule has 0 spiro atoms. The van der Waals surface area contributed by atoms with E-state index in [1.807, 2.05) is 23.8 Å². The van der Waals surface area contributed by atoms with Crippen molar-refractivity contribution < 1.29 is 8.42 Å². The van der Waals surface area contributed by atoms with Crippen molar-refractivity contribution >= 4 is 27.0 Å². The highest BCUT2D eigenvalue weighted by Crippen LogP contribution is 2.25. The number of sulfonamides is 1. The normalized spacial score (nSPS) is 13.4. The number of nitrogen functional groups attached to an aromatic ring is 1. The molecule has 1 aromatic heterocycles.